The number of hydrogen-bond donors (Lipinski definition) is 3. The Morgan fingerprint density at radius 3 is 2.57 bits per heavy atom. The van der Waals surface area contributed by atoms with E-state index in [2.05, 4.69) is 15.3 Å². The molecule has 0 fully saturated rings. The molecule has 0 spiro atoms. The maximum absolute atomic E-state index is 13.3. The molecule has 2 heterocycles. The number of benzene rings is 2. The van der Waals surface area contributed by atoms with E-state index in [1.54, 1.807) is 17.3 Å². The minimum absolute atomic E-state index is 0.147. The number of hydrogen-bond acceptors (Lipinski definition) is 10. The number of anilines is 3. The number of thioether (sulfide) groups is 1. The SMILES string of the molecule is CSc1ncc2c(n1)N(C)CCN(c1cccc(N(N)/C=C(\N)COC(C)(C)C)c1)C2=O.O=CNCc1ccccc1. The number of fused-ring (bicyclic) bond motifs is 1. The van der Waals surface area contributed by atoms with Crippen LogP contribution in [-0.2, 0) is 16.1 Å². The highest BCUT2D eigenvalue weighted by atomic mass is 32.2. The summed E-state index contributed by atoms with van der Waals surface area (Å²) in [5, 5.41) is 4.65. The molecule has 1 aromatic heterocycles. The molecule has 2 amide bonds. The average Bonchev–Trinajstić information content (AvgIpc) is 3.11. The van der Waals surface area contributed by atoms with Crippen LogP contribution in [0, 0.1) is 0 Å². The number of hydrazine groups is 1. The predicted molar refractivity (Wildman–Crippen MR) is 169 cm³/mol. The van der Waals surface area contributed by atoms with Crippen LogP contribution in [0.2, 0.25) is 0 Å². The van der Waals surface area contributed by atoms with Crippen molar-refractivity contribution in [2.45, 2.75) is 38.1 Å². The van der Waals surface area contributed by atoms with Gasteiger partial charge in [-0.3, -0.25) is 14.6 Å². The van der Waals surface area contributed by atoms with Gasteiger partial charge in [0, 0.05) is 44.8 Å². The molecule has 5 N–H and O–H groups in total. The molecular weight excluding hydrogens is 552 g/mol. The minimum atomic E-state index is -0.297. The Balaban J connectivity index is 0.000000408. The lowest BCUT2D eigenvalue weighted by Crippen LogP contribution is -2.34. The van der Waals surface area contributed by atoms with Gasteiger partial charge in [0.25, 0.3) is 5.91 Å². The fourth-order valence-electron chi connectivity index (χ4n) is 3.91. The van der Waals surface area contributed by atoms with E-state index in [1.807, 2.05) is 93.6 Å². The zero-order valence-corrected chi connectivity index (χ0v) is 25.6. The van der Waals surface area contributed by atoms with E-state index in [0.717, 1.165) is 11.3 Å². The number of carbonyl (C=O) groups excluding carboxylic acids is 2. The molecule has 2 aromatic carbocycles. The molecule has 3 aromatic rings. The smallest absolute Gasteiger partial charge is 0.263 e. The monoisotopic (exact) mass is 592 g/mol. The molecule has 0 radical (unpaired) electrons. The molecule has 0 unspecified atom stereocenters. The van der Waals surface area contributed by atoms with Crippen LogP contribution in [0.4, 0.5) is 17.2 Å². The van der Waals surface area contributed by atoms with Crippen LogP contribution in [0.5, 0.6) is 0 Å². The second-order valence-corrected chi connectivity index (χ2v) is 11.3. The van der Waals surface area contributed by atoms with Crippen molar-refractivity contribution in [1.82, 2.24) is 15.3 Å². The number of nitrogens with zero attached hydrogens (tertiary/aromatic N) is 5. The topological polar surface area (TPSA) is 143 Å². The zero-order valence-electron chi connectivity index (χ0n) is 24.8. The van der Waals surface area contributed by atoms with Crippen LogP contribution in [0.1, 0.15) is 36.7 Å². The molecule has 0 saturated carbocycles. The van der Waals surface area contributed by atoms with Crippen molar-refractivity contribution in [3.05, 3.63) is 83.8 Å². The number of nitrogens with one attached hydrogen (secondary N) is 1. The highest BCUT2D eigenvalue weighted by molar-refractivity contribution is 7.98. The van der Waals surface area contributed by atoms with Crippen molar-refractivity contribution in [2.75, 3.05) is 47.8 Å². The van der Waals surface area contributed by atoms with E-state index < -0.39 is 0 Å². The number of aromatic nitrogens is 2. The van der Waals surface area contributed by atoms with Gasteiger partial charge in [-0.2, -0.15) is 0 Å². The Kier molecular flexibility index (Phi) is 11.7. The van der Waals surface area contributed by atoms with E-state index >= 15 is 0 Å². The first-order valence-electron chi connectivity index (χ1n) is 13.4. The molecule has 224 valence electrons. The number of ether oxygens (including phenoxy) is 1. The molecular formula is C30H40N8O3S. The van der Waals surface area contributed by atoms with Crippen LogP contribution < -0.4 is 31.7 Å². The largest absolute Gasteiger partial charge is 0.399 e. The fourth-order valence-corrected chi connectivity index (χ4v) is 4.25. The van der Waals surface area contributed by atoms with Gasteiger partial charge < -0.3 is 25.6 Å². The Bertz CT molecular complexity index is 1360. The standard InChI is InChI=1S/C22H31N7O2S.C8H9NO/c1-22(2,3)31-14-15(23)13-29(24)17-8-6-7-16(11-17)28-10-9-27(4)19-18(20(28)30)12-25-21(26-19)32-5;10-7-9-6-8-4-2-1-3-5-8/h6-8,11-13H,9-10,14,23-24H2,1-5H3;1-5,7H,6H2,(H,9,10)/b15-13-;. The lowest BCUT2D eigenvalue weighted by Gasteiger charge is -2.24. The van der Waals surface area contributed by atoms with Gasteiger partial charge >= 0.3 is 0 Å². The average molecular weight is 593 g/mol. The lowest BCUT2D eigenvalue weighted by atomic mass is 10.2. The first kappa shape index (κ1) is 32.4. The van der Waals surface area contributed by atoms with Crippen LogP contribution in [0.25, 0.3) is 0 Å². The summed E-state index contributed by atoms with van der Waals surface area (Å²) in [5.41, 5.74) is 9.28. The first-order valence-corrected chi connectivity index (χ1v) is 14.6. The van der Waals surface area contributed by atoms with E-state index in [0.29, 0.717) is 54.0 Å². The molecule has 4 rings (SSSR count). The molecule has 0 bridgehead atoms. The first-order chi connectivity index (χ1) is 20.0. The number of likely N-dealkylation sites (N-methyl/N-ethyl adjacent to an activating group) is 1. The molecule has 0 atom stereocenters. The summed E-state index contributed by atoms with van der Waals surface area (Å²) in [6.07, 6.45) is 5.83. The van der Waals surface area contributed by atoms with Crippen molar-refractivity contribution in [3.8, 4) is 0 Å². The summed E-state index contributed by atoms with van der Waals surface area (Å²) >= 11 is 1.45. The number of rotatable bonds is 9. The molecule has 12 heteroatoms. The van der Waals surface area contributed by atoms with Crippen molar-refractivity contribution >= 4 is 41.3 Å². The van der Waals surface area contributed by atoms with Crippen LogP contribution in [-0.4, -0.2) is 60.9 Å². The second-order valence-electron chi connectivity index (χ2n) is 10.5. The highest BCUT2D eigenvalue weighted by Gasteiger charge is 2.28. The van der Waals surface area contributed by atoms with Crippen LogP contribution in [0.15, 0.2) is 77.8 Å². The molecule has 42 heavy (non-hydrogen) atoms. The quantitative estimate of drug-likeness (QED) is 0.111. The van der Waals surface area contributed by atoms with Crippen LogP contribution in [0.3, 0.4) is 0 Å². The van der Waals surface area contributed by atoms with E-state index in [-0.39, 0.29) is 18.1 Å². The summed E-state index contributed by atoms with van der Waals surface area (Å²) in [7, 11) is 1.93. The normalized spacial score (nSPS) is 13.5. The van der Waals surface area contributed by atoms with Crippen molar-refractivity contribution in [2.24, 2.45) is 11.6 Å². The third kappa shape index (κ3) is 9.47. The third-order valence-electron chi connectivity index (χ3n) is 6.07. The maximum atomic E-state index is 13.3. The van der Waals surface area contributed by atoms with E-state index in [4.69, 9.17) is 16.3 Å². The highest BCUT2D eigenvalue weighted by Crippen LogP contribution is 2.28. The van der Waals surface area contributed by atoms with Crippen molar-refractivity contribution in [3.63, 3.8) is 0 Å². The third-order valence-corrected chi connectivity index (χ3v) is 6.64. The van der Waals surface area contributed by atoms with Gasteiger partial charge in [-0.25, -0.2) is 15.8 Å². The second kappa shape index (κ2) is 15.2. The molecule has 1 aliphatic rings. The maximum Gasteiger partial charge on any atom is 0.263 e. The van der Waals surface area contributed by atoms with Gasteiger partial charge in [0.15, 0.2) is 5.16 Å². The van der Waals surface area contributed by atoms with Gasteiger partial charge in [0.2, 0.25) is 6.41 Å². The van der Waals surface area contributed by atoms with Crippen LogP contribution >= 0.6 is 11.8 Å². The van der Waals surface area contributed by atoms with Crippen molar-refractivity contribution in [1.29, 1.82) is 0 Å². The van der Waals surface area contributed by atoms with Gasteiger partial charge in [-0.1, -0.05) is 48.2 Å². The fraction of sp³-hybridized carbons (Fsp3) is 0.333. The summed E-state index contributed by atoms with van der Waals surface area (Å²) in [6.45, 7) is 7.91. The van der Waals surface area contributed by atoms with Gasteiger partial charge in [0.05, 0.1) is 23.6 Å². The Morgan fingerprint density at radius 2 is 1.90 bits per heavy atom. The summed E-state index contributed by atoms with van der Waals surface area (Å²) in [6, 6.07) is 17.2. The molecule has 1 aliphatic heterocycles. The Hall–Kier alpha value is -4.13. The summed E-state index contributed by atoms with van der Waals surface area (Å²) in [5.74, 6) is 6.71. The zero-order chi connectivity index (χ0) is 30.7. The minimum Gasteiger partial charge on any atom is -0.399 e. The molecule has 0 aliphatic carbocycles. The molecule has 11 nitrogen and oxygen atoms in total. The van der Waals surface area contributed by atoms with E-state index in [1.165, 1.54) is 16.8 Å². The van der Waals surface area contributed by atoms with E-state index in [9.17, 15) is 9.59 Å². The molecule has 0 saturated heterocycles. The van der Waals surface area contributed by atoms with Gasteiger partial charge in [-0.15, -0.1) is 0 Å². The number of nitrogens with two attached hydrogens (primary N) is 2. The number of carbonyl (C=O) groups is 2. The summed E-state index contributed by atoms with van der Waals surface area (Å²) < 4.78 is 5.69. The Labute approximate surface area is 251 Å². The van der Waals surface area contributed by atoms with Gasteiger partial charge in [-0.05, 0) is 50.8 Å². The van der Waals surface area contributed by atoms with Gasteiger partial charge in [0.1, 0.15) is 11.4 Å². The lowest BCUT2D eigenvalue weighted by molar-refractivity contribution is -0.109. The predicted octanol–water partition coefficient (Wildman–Crippen LogP) is 3.52. The van der Waals surface area contributed by atoms with Crippen molar-refractivity contribution < 1.29 is 14.3 Å². The number of amides is 2. The summed E-state index contributed by atoms with van der Waals surface area (Å²) in [4.78, 5) is 35.7. The Morgan fingerprint density at radius 1 is 1.17 bits per heavy atom.